The quantitative estimate of drug-likeness (QED) is 0.769. The number of halogens is 3. The Bertz CT molecular complexity index is 805. The van der Waals surface area contributed by atoms with Gasteiger partial charge in [-0.1, -0.05) is 17.3 Å². The summed E-state index contributed by atoms with van der Waals surface area (Å²) in [6, 6.07) is 6.02. The summed E-state index contributed by atoms with van der Waals surface area (Å²) < 4.78 is 53.0. The molecule has 3 rings (SSSR count). The maximum absolute atomic E-state index is 12.7. The minimum Gasteiger partial charge on any atom is -0.376 e. The summed E-state index contributed by atoms with van der Waals surface area (Å²) in [6.07, 6.45) is -4.82. The Balaban J connectivity index is 1.66. The number of ether oxygens (including phenoxy) is 2. The number of benzene rings is 1. The number of nitrogens with zero attached hydrogens (tertiary/aromatic N) is 3. The third kappa shape index (κ3) is 4.87. The van der Waals surface area contributed by atoms with E-state index in [4.69, 9.17) is 9.47 Å². The van der Waals surface area contributed by atoms with Crippen molar-refractivity contribution in [3.8, 4) is 11.4 Å². The van der Waals surface area contributed by atoms with E-state index in [9.17, 15) is 18.0 Å². The van der Waals surface area contributed by atoms with Crippen molar-refractivity contribution in [3.63, 3.8) is 0 Å². The maximum atomic E-state index is 12.7. The SMILES string of the molecule is CC(C)OCC1CN(C(=O)c2ccc(-c3noc(C(F)(F)F)n3)cc2)CCO1. The van der Waals surface area contributed by atoms with Crippen molar-refractivity contribution in [2.24, 2.45) is 0 Å². The fourth-order valence-corrected chi connectivity index (χ4v) is 2.70. The highest BCUT2D eigenvalue weighted by Gasteiger charge is 2.38. The van der Waals surface area contributed by atoms with Gasteiger partial charge in [0.25, 0.3) is 5.91 Å². The zero-order chi connectivity index (χ0) is 20.3. The summed E-state index contributed by atoms with van der Waals surface area (Å²) in [4.78, 5) is 17.7. The highest BCUT2D eigenvalue weighted by Crippen LogP contribution is 2.29. The first-order chi connectivity index (χ1) is 13.2. The van der Waals surface area contributed by atoms with Crippen LogP contribution >= 0.6 is 0 Å². The molecule has 1 aliphatic rings. The van der Waals surface area contributed by atoms with Gasteiger partial charge >= 0.3 is 12.1 Å². The smallest absolute Gasteiger partial charge is 0.376 e. The van der Waals surface area contributed by atoms with E-state index in [1.807, 2.05) is 13.8 Å². The Morgan fingerprint density at radius 2 is 2.04 bits per heavy atom. The molecule has 1 unspecified atom stereocenters. The lowest BCUT2D eigenvalue weighted by Gasteiger charge is -2.33. The number of rotatable bonds is 5. The Labute approximate surface area is 159 Å². The lowest BCUT2D eigenvalue weighted by molar-refractivity contribution is -0.159. The van der Waals surface area contributed by atoms with Crippen molar-refractivity contribution < 1.29 is 32.0 Å². The molecule has 0 aliphatic carbocycles. The molecule has 0 saturated carbocycles. The van der Waals surface area contributed by atoms with E-state index in [1.165, 1.54) is 24.3 Å². The van der Waals surface area contributed by atoms with Gasteiger partial charge in [-0.3, -0.25) is 4.79 Å². The van der Waals surface area contributed by atoms with Crippen molar-refractivity contribution in [2.45, 2.75) is 32.2 Å². The van der Waals surface area contributed by atoms with Crippen LogP contribution in [-0.4, -0.2) is 59.5 Å². The number of hydrogen-bond donors (Lipinski definition) is 0. The summed E-state index contributed by atoms with van der Waals surface area (Å²) in [7, 11) is 0. The summed E-state index contributed by atoms with van der Waals surface area (Å²) in [5, 5.41) is 3.33. The summed E-state index contributed by atoms with van der Waals surface area (Å²) in [5.41, 5.74) is 0.731. The first kappa shape index (κ1) is 20.3. The lowest BCUT2D eigenvalue weighted by Crippen LogP contribution is -2.47. The second kappa shape index (κ2) is 8.27. The minimum atomic E-state index is -4.70. The lowest BCUT2D eigenvalue weighted by atomic mass is 10.1. The van der Waals surface area contributed by atoms with Crippen LogP contribution in [0.25, 0.3) is 11.4 Å². The number of alkyl halides is 3. The number of amides is 1. The Hall–Kier alpha value is -2.46. The molecule has 1 aliphatic heterocycles. The van der Waals surface area contributed by atoms with Crippen LogP contribution in [0.5, 0.6) is 0 Å². The van der Waals surface area contributed by atoms with Crippen LogP contribution in [0.3, 0.4) is 0 Å². The second-order valence-electron chi connectivity index (χ2n) is 6.62. The van der Waals surface area contributed by atoms with E-state index >= 15 is 0 Å². The Morgan fingerprint density at radius 3 is 2.64 bits per heavy atom. The molecule has 152 valence electrons. The average molecular weight is 399 g/mol. The van der Waals surface area contributed by atoms with Gasteiger partial charge in [0.1, 0.15) is 0 Å². The van der Waals surface area contributed by atoms with Gasteiger partial charge in [-0.25, -0.2) is 0 Å². The molecule has 1 aromatic heterocycles. The molecule has 0 radical (unpaired) electrons. The predicted molar refractivity (Wildman–Crippen MR) is 91.5 cm³/mol. The molecule has 1 amide bonds. The van der Waals surface area contributed by atoms with Gasteiger partial charge in [-0.05, 0) is 26.0 Å². The third-order valence-corrected chi connectivity index (χ3v) is 4.10. The highest BCUT2D eigenvalue weighted by molar-refractivity contribution is 5.94. The zero-order valence-corrected chi connectivity index (χ0v) is 15.4. The molecule has 1 aromatic carbocycles. The van der Waals surface area contributed by atoms with Gasteiger partial charge in [-0.15, -0.1) is 0 Å². The van der Waals surface area contributed by atoms with E-state index in [2.05, 4.69) is 14.7 Å². The fraction of sp³-hybridized carbons (Fsp3) is 0.500. The molecule has 1 fully saturated rings. The fourth-order valence-electron chi connectivity index (χ4n) is 2.70. The van der Waals surface area contributed by atoms with Crippen molar-refractivity contribution >= 4 is 5.91 Å². The van der Waals surface area contributed by atoms with Gasteiger partial charge < -0.3 is 18.9 Å². The van der Waals surface area contributed by atoms with Crippen LogP contribution in [-0.2, 0) is 15.7 Å². The van der Waals surface area contributed by atoms with E-state index in [1.54, 1.807) is 4.90 Å². The first-order valence-corrected chi connectivity index (χ1v) is 8.78. The van der Waals surface area contributed by atoms with Gasteiger partial charge in [0.05, 0.1) is 25.4 Å². The topological polar surface area (TPSA) is 77.7 Å². The summed E-state index contributed by atoms with van der Waals surface area (Å²) in [6.45, 7) is 5.54. The van der Waals surface area contributed by atoms with Crippen LogP contribution < -0.4 is 0 Å². The number of hydrogen-bond acceptors (Lipinski definition) is 6. The molecular formula is C18H20F3N3O4. The maximum Gasteiger partial charge on any atom is 0.471 e. The van der Waals surface area contributed by atoms with E-state index in [-0.39, 0.29) is 23.9 Å². The molecule has 0 N–H and O–H groups in total. The monoisotopic (exact) mass is 399 g/mol. The number of carbonyl (C=O) groups is 1. The van der Waals surface area contributed by atoms with Gasteiger partial charge in [-0.2, -0.15) is 18.2 Å². The van der Waals surface area contributed by atoms with Gasteiger partial charge in [0.2, 0.25) is 5.82 Å². The largest absolute Gasteiger partial charge is 0.471 e. The molecule has 10 heteroatoms. The Kier molecular flexibility index (Phi) is 5.99. The number of aromatic nitrogens is 2. The highest BCUT2D eigenvalue weighted by atomic mass is 19.4. The first-order valence-electron chi connectivity index (χ1n) is 8.78. The van der Waals surface area contributed by atoms with E-state index < -0.39 is 12.1 Å². The predicted octanol–water partition coefficient (Wildman–Crippen LogP) is 3.02. The van der Waals surface area contributed by atoms with E-state index in [0.29, 0.717) is 37.4 Å². The van der Waals surface area contributed by atoms with Crippen LogP contribution in [0, 0.1) is 0 Å². The third-order valence-electron chi connectivity index (χ3n) is 4.10. The van der Waals surface area contributed by atoms with Crippen molar-refractivity contribution in [2.75, 3.05) is 26.3 Å². The van der Waals surface area contributed by atoms with E-state index in [0.717, 1.165) is 0 Å². The summed E-state index contributed by atoms with van der Waals surface area (Å²) in [5.74, 6) is -1.79. The normalized spacial score (nSPS) is 17.9. The van der Waals surface area contributed by atoms with Crippen molar-refractivity contribution in [1.82, 2.24) is 15.0 Å². The molecule has 0 bridgehead atoms. The number of morpholine rings is 1. The van der Waals surface area contributed by atoms with Crippen LogP contribution in [0.2, 0.25) is 0 Å². The van der Waals surface area contributed by atoms with Crippen LogP contribution in [0.4, 0.5) is 13.2 Å². The van der Waals surface area contributed by atoms with Gasteiger partial charge in [0, 0.05) is 24.2 Å². The second-order valence-corrected chi connectivity index (χ2v) is 6.62. The van der Waals surface area contributed by atoms with Gasteiger partial charge in [0.15, 0.2) is 0 Å². The molecule has 2 heterocycles. The molecular weight excluding hydrogens is 379 g/mol. The Morgan fingerprint density at radius 1 is 1.32 bits per heavy atom. The van der Waals surface area contributed by atoms with Crippen LogP contribution in [0.15, 0.2) is 28.8 Å². The summed E-state index contributed by atoms with van der Waals surface area (Å²) >= 11 is 0. The zero-order valence-electron chi connectivity index (χ0n) is 15.4. The molecule has 7 nitrogen and oxygen atoms in total. The molecule has 1 saturated heterocycles. The van der Waals surface area contributed by atoms with Crippen molar-refractivity contribution in [1.29, 1.82) is 0 Å². The minimum absolute atomic E-state index is 0.0743. The molecule has 2 aromatic rings. The molecule has 28 heavy (non-hydrogen) atoms. The van der Waals surface area contributed by atoms with Crippen molar-refractivity contribution in [3.05, 3.63) is 35.7 Å². The molecule has 1 atom stereocenters. The van der Waals surface area contributed by atoms with Crippen LogP contribution in [0.1, 0.15) is 30.1 Å². The molecule has 0 spiro atoms. The standard InChI is InChI=1S/C18H20F3N3O4/c1-11(2)27-10-14-9-24(7-8-26-14)16(25)13-5-3-12(4-6-13)15-22-17(28-23-15)18(19,20)21/h3-6,11,14H,7-10H2,1-2H3. The average Bonchev–Trinajstić information content (AvgIpc) is 3.17. The number of carbonyl (C=O) groups excluding carboxylic acids is 1.